The molecule has 4 nitrogen and oxygen atoms in total. The molecule has 0 aliphatic carbocycles. The lowest BCUT2D eigenvalue weighted by Crippen LogP contribution is -2.07. The monoisotopic (exact) mass is 367 g/mol. The standard InChI is InChI=1S/C15H18BrN3OS/c1-4-19-14(10(2)3)17-18-15(19)21-9-13(20)11-5-7-12(16)8-6-11/h5-8,10H,4,9H2,1-3H3. The van der Waals surface area contributed by atoms with E-state index in [9.17, 15) is 4.79 Å². The van der Waals surface area contributed by atoms with E-state index in [1.807, 2.05) is 24.3 Å². The highest BCUT2D eigenvalue weighted by Gasteiger charge is 2.15. The third-order valence-electron chi connectivity index (χ3n) is 3.08. The van der Waals surface area contributed by atoms with Crippen molar-refractivity contribution in [2.75, 3.05) is 5.75 Å². The first-order chi connectivity index (χ1) is 10.0. The molecule has 0 bridgehead atoms. The second-order valence-corrected chi connectivity index (χ2v) is 6.82. The number of ketones is 1. The van der Waals surface area contributed by atoms with Crippen molar-refractivity contribution in [3.8, 4) is 0 Å². The molecule has 0 saturated carbocycles. The van der Waals surface area contributed by atoms with Gasteiger partial charge in [0.05, 0.1) is 5.75 Å². The summed E-state index contributed by atoms with van der Waals surface area (Å²) < 4.78 is 3.04. The number of Topliss-reactive ketones (excluding diaryl/α,β-unsaturated/α-hetero) is 1. The molecule has 1 aromatic heterocycles. The summed E-state index contributed by atoms with van der Waals surface area (Å²) in [5.41, 5.74) is 0.720. The number of hydrogen-bond donors (Lipinski definition) is 0. The van der Waals surface area contributed by atoms with Gasteiger partial charge in [-0.15, -0.1) is 10.2 Å². The number of thioether (sulfide) groups is 1. The maximum Gasteiger partial charge on any atom is 0.191 e. The molecule has 0 aliphatic heterocycles. The minimum Gasteiger partial charge on any atom is -0.306 e. The lowest BCUT2D eigenvalue weighted by atomic mass is 10.2. The lowest BCUT2D eigenvalue weighted by Gasteiger charge is -2.08. The van der Waals surface area contributed by atoms with E-state index in [0.29, 0.717) is 11.7 Å². The molecule has 0 N–H and O–H groups in total. The van der Waals surface area contributed by atoms with Gasteiger partial charge in [0.2, 0.25) is 0 Å². The summed E-state index contributed by atoms with van der Waals surface area (Å²) in [4.78, 5) is 12.2. The maximum absolute atomic E-state index is 12.2. The Kier molecular flexibility index (Phi) is 5.58. The zero-order valence-electron chi connectivity index (χ0n) is 12.3. The van der Waals surface area contributed by atoms with Gasteiger partial charge in [-0.05, 0) is 19.1 Å². The lowest BCUT2D eigenvalue weighted by molar-refractivity contribution is 0.102. The highest BCUT2D eigenvalue weighted by Crippen LogP contribution is 2.22. The Hall–Kier alpha value is -1.14. The predicted octanol–water partition coefficient (Wildman–Crippen LogP) is 4.16. The van der Waals surface area contributed by atoms with Crippen molar-refractivity contribution in [1.82, 2.24) is 14.8 Å². The number of hydrogen-bond acceptors (Lipinski definition) is 4. The molecule has 2 aromatic rings. The van der Waals surface area contributed by atoms with Gasteiger partial charge >= 0.3 is 0 Å². The molecule has 112 valence electrons. The smallest absolute Gasteiger partial charge is 0.191 e. The minimum atomic E-state index is 0.101. The van der Waals surface area contributed by atoms with Gasteiger partial charge in [0, 0.05) is 22.5 Å². The highest BCUT2D eigenvalue weighted by atomic mass is 79.9. The van der Waals surface area contributed by atoms with Gasteiger partial charge in [-0.25, -0.2) is 0 Å². The molecule has 0 atom stereocenters. The molecule has 21 heavy (non-hydrogen) atoms. The molecule has 0 radical (unpaired) electrons. The number of nitrogens with zero attached hydrogens (tertiary/aromatic N) is 3. The molecule has 0 spiro atoms. The van der Waals surface area contributed by atoms with E-state index in [4.69, 9.17) is 0 Å². The Labute approximate surface area is 137 Å². The summed E-state index contributed by atoms with van der Waals surface area (Å²) in [6.07, 6.45) is 0. The topological polar surface area (TPSA) is 47.8 Å². The first-order valence-electron chi connectivity index (χ1n) is 6.87. The van der Waals surface area contributed by atoms with E-state index >= 15 is 0 Å². The van der Waals surface area contributed by atoms with Crippen molar-refractivity contribution in [2.45, 2.75) is 38.4 Å². The molecule has 1 aromatic carbocycles. The SMILES string of the molecule is CCn1c(SCC(=O)c2ccc(Br)cc2)nnc1C(C)C. The van der Waals surface area contributed by atoms with Crippen LogP contribution in [0.1, 0.15) is 42.9 Å². The van der Waals surface area contributed by atoms with E-state index in [2.05, 4.69) is 51.5 Å². The van der Waals surface area contributed by atoms with Crippen LogP contribution >= 0.6 is 27.7 Å². The third kappa shape index (κ3) is 3.95. The summed E-state index contributed by atoms with van der Waals surface area (Å²) in [7, 11) is 0. The zero-order valence-corrected chi connectivity index (χ0v) is 14.7. The number of halogens is 1. The van der Waals surface area contributed by atoms with Crippen LogP contribution in [0.15, 0.2) is 33.9 Å². The average Bonchev–Trinajstić information content (AvgIpc) is 2.88. The molecule has 0 aliphatic rings. The van der Waals surface area contributed by atoms with Crippen molar-refractivity contribution in [3.63, 3.8) is 0 Å². The second-order valence-electron chi connectivity index (χ2n) is 4.96. The molecule has 1 heterocycles. The van der Waals surface area contributed by atoms with Crippen molar-refractivity contribution in [2.24, 2.45) is 0 Å². The van der Waals surface area contributed by atoms with Gasteiger partial charge in [-0.3, -0.25) is 4.79 Å². The fourth-order valence-electron chi connectivity index (χ4n) is 1.98. The minimum absolute atomic E-state index is 0.101. The normalized spacial score (nSPS) is 11.1. The number of aromatic nitrogens is 3. The van der Waals surface area contributed by atoms with Crippen molar-refractivity contribution in [1.29, 1.82) is 0 Å². The first-order valence-corrected chi connectivity index (χ1v) is 8.65. The average molecular weight is 368 g/mol. The maximum atomic E-state index is 12.2. The Morgan fingerprint density at radius 2 is 1.95 bits per heavy atom. The molecule has 0 fully saturated rings. The molecule has 0 saturated heterocycles. The van der Waals surface area contributed by atoms with Crippen molar-refractivity contribution in [3.05, 3.63) is 40.1 Å². The van der Waals surface area contributed by atoms with Gasteiger partial charge in [-0.1, -0.05) is 53.7 Å². The van der Waals surface area contributed by atoms with Gasteiger partial charge in [0.15, 0.2) is 10.9 Å². The summed E-state index contributed by atoms with van der Waals surface area (Å²) in [6, 6.07) is 7.42. The number of rotatable bonds is 6. The second kappa shape index (κ2) is 7.22. The third-order valence-corrected chi connectivity index (χ3v) is 4.57. The summed E-state index contributed by atoms with van der Waals surface area (Å²) in [5, 5.41) is 9.24. The summed E-state index contributed by atoms with van der Waals surface area (Å²) in [6.45, 7) is 7.07. The largest absolute Gasteiger partial charge is 0.306 e. The van der Waals surface area contributed by atoms with Crippen LogP contribution in [0.25, 0.3) is 0 Å². The van der Waals surface area contributed by atoms with E-state index in [0.717, 1.165) is 27.6 Å². The Morgan fingerprint density at radius 1 is 1.29 bits per heavy atom. The van der Waals surface area contributed by atoms with Crippen LogP contribution in [0.3, 0.4) is 0 Å². The van der Waals surface area contributed by atoms with Crippen LogP contribution in [-0.2, 0) is 6.54 Å². The Bertz CT molecular complexity index is 622. The van der Waals surface area contributed by atoms with E-state index in [1.165, 1.54) is 11.8 Å². The molecular formula is C15H18BrN3OS. The summed E-state index contributed by atoms with van der Waals surface area (Å²) in [5.74, 6) is 1.77. The van der Waals surface area contributed by atoms with Gasteiger partial charge in [-0.2, -0.15) is 0 Å². The molecule has 2 rings (SSSR count). The van der Waals surface area contributed by atoms with Crippen LogP contribution in [0, 0.1) is 0 Å². The predicted molar refractivity (Wildman–Crippen MR) is 89.0 cm³/mol. The number of carbonyl (C=O) groups excluding carboxylic acids is 1. The molecular weight excluding hydrogens is 350 g/mol. The van der Waals surface area contributed by atoms with Gasteiger partial charge < -0.3 is 4.57 Å². The molecule has 6 heteroatoms. The Balaban J connectivity index is 2.06. The molecule has 0 unspecified atom stereocenters. The van der Waals surface area contributed by atoms with E-state index in [-0.39, 0.29) is 5.78 Å². The van der Waals surface area contributed by atoms with Gasteiger partial charge in [0.1, 0.15) is 5.82 Å². The van der Waals surface area contributed by atoms with Crippen molar-refractivity contribution >= 4 is 33.5 Å². The number of carbonyl (C=O) groups is 1. The zero-order chi connectivity index (χ0) is 15.4. The summed E-state index contributed by atoms with van der Waals surface area (Å²) >= 11 is 4.81. The van der Waals surface area contributed by atoms with Crippen molar-refractivity contribution < 1.29 is 4.79 Å². The van der Waals surface area contributed by atoms with Crippen LogP contribution in [0.2, 0.25) is 0 Å². The van der Waals surface area contributed by atoms with E-state index < -0.39 is 0 Å². The van der Waals surface area contributed by atoms with Crippen LogP contribution in [0.5, 0.6) is 0 Å². The van der Waals surface area contributed by atoms with Gasteiger partial charge in [0.25, 0.3) is 0 Å². The van der Waals surface area contributed by atoms with E-state index in [1.54, 1.807) is 0 Å². The van der Waals surface area contributed by atoms with Crippen LogP contribution in [-0.4, -0.2) is 26.3 Å². The first kappa shape index (κ1) is 16.2. The fourth-order valence-corrected chi connectivity index (χ4v) is 3.15. The highest BCUT2D eigenvalue weighted by molar-refractivity contribution is 9.10. The van der Waals surface area contributed by atoms with Crippen LogP contribution in [0.4, 0.5) is 0 Å². The Morgan fingerprint density at radius 3 is 2.52 bits per heavy atom. The van der Waals surface area contributed by atoms with Crippen LogP contribution < -0.4 is 0 Å². The fraction of sp³-hybridized carbons (Fsp3) is 0.400. The number of benzene rings is 1. The quantitative estimate of drug-likeness (QED) is 0.568. The molecule has 0 amide bonds.